The van der Waals surface area contributed by atoms with E-state index in [0.29, 0.717) is 15.4 Å². The van der Waals surface area contributed by atoms with Crippen molar-refractivity contribution in [2.45, 2.75) is 0 Å². The largest absolute Gasteiger partial charge is 0.469 e. The molecule has 3 aromatic carbocycles. The third-order valence-electron chi connectivity index (χ3n) is 2.74. The fourth-order valence-corrected chi connectivity index (χ4v) is 1.91. The van der Waals surface area contributed by atoms with Crippen LogP contribution in [0.3, 0.4) is 0 Å². The van der Waals surface area contributed by atoms with E-state index in [1.807, 2.05) is 0 Å². The topological polar surface area (TPSA) is 49.7 Å². The van der Waals surface area contributed by atoms with Gasteiger partial charge in [-0.05, 0) is 33.7 Å². The minimum atomic E-state index is 0.375. The SMILES string of the molecule is O[B]O[B]O.c1ccc2cc3ccccc3cc2c1. The molecule has 0 aliphatic carbocycles. The van der Waals surface area contributed by atoms with Crippen molar-refractivity contribution in [1.82, 2.24) is 0 Å². The Labute approximate surface area is 113 Å². The van der Waals surface area contributed by atoms with Crippen LogP contribution in [0, 0.1) is 0 Å². The molecule has 5 heteroatoms. The van der Waals surface area contributed by atoms with Crippen LogP contribution in [0.2, 0.25) is 0 Å². The predicted octanol–water partition coefficient (Wildman–Crippen LogP) is 2.05. The van der Waals surface area contributed by atoms with Gasteiger partial charge in [0.1, 0.15) is 0 Å². The number of benzene rings is 3. The summed E-state index contributed by atoms with van der Waals surface area (Å²) in [5.74, 6) is 0. The monoisotopic (exact) mass is 250 g/mol. The third kappa shape index (κ3) is 3.58. The van der Waals surface area contributed by atoms with Gasteiger partial charge in [-0.1, -0.05) is 48.5 Å². The van der Waals surface area contributed by atoms with Crippen molar-refractivity contribution >= 4 is 36.9 Å². The second-order valence-corrected chi connectivity index (χ2v) is 3.89. The van der Waals surface area contributed by atoms with Gasteiger partial charge in [0, 0.05) is 0 Å². The highest BCUT2D eigenvalue weighted by molar-refractivity contribution is 6.32. The molecule has 0 heterocycles. The van der Waals surface area contributed by atoms with Gasteiger partial charge in [-0.15, -0.1) is 0 Å². The number of hydrogen-bond acceptors (Lipinski definition) is 3. The van der Waals surface area contributed by atoms with Gasteiger partial charge < -0.3 is 14.6 Å². The van der Waals surface area contributed by atoms with Gasteiger partial charge in [-0.3, -0.25) is 0 Å². The first-order chi connectivity index (χ1) is 9.35. The van der Waals surface area contributed by atoms with E-state index in [1.165, 1.54) is 21.5 Å². The molecule has 0 saturated heterocycles. The zero-order valence-corrected chi connectivity index (χ0v) is 10.2. The molecule has 0 bridgehead atoms. The molecule has 3 rings (SSSR count). The Bertz CT molecular complexity index is 551. The molecule has 0 aromatic heterocycles. The molecule has 0 saturated carbocycles. The fraction of sp³-hybridized carbons (Fsp3) is 0. The highest BCUT2D eigenvalue weighted by atomic mass is 16.5. The van der Waals surface area contributed by atoms with Gasteiger partial charge in [0.05, 0.1) is 0 Å². The first-order valence-corrected chi connectivity index (χ1v) is 5.80. The number of rotatable bonds is 2. The molecular formula is C14H12B2O3. The summed E-state index contributed by atoms with van der Waals surface area (Å²) >= 11 is 0. The predicted molar refractivity (Wildman–Crippen MR) is 78.5 cm³/mol. The summed E-state index contributed by atoms with van der Waals surface area (Å²) in [5, 5.41) is 20.3. The minimum Gasteiger partial charge on any atom is -0.456 e. The Kier molecular flexibility index (Phi) is 4.98. The van der Waals surface area contributed by atoms with Crippen molar-refractivity contribution in [1.29, 1.82) is 0 Å². The summed E-state index contributed by atoms with van der Waals surface area (Å²) in [5.41, 5.74) is 0. The first-order valence-electron chi connectivity index (χ1n) is 5.80. The lowest BCUT2D eigenvalue weighted by molar-refractivity contribution is 0.408. The summed E-state index contributed by atoms with van der Waals surface area (Å²) in [6, 6.07) is 21.4. The number of fused-ring (bicyclic) bond motifs is 2. The van der Waals surface area contributed by atoms with Crippen molar-refractivity contribution in [3.05, 3.63) is 60.7 Å². The maximum absolute atomic E-state index is 7.53. The van der Waals surface area contributed by atoms with Crippen LogP contribution in [-0.4, -0.2) is 25.4 Å². The maximum Gasteiger partial charge on any atom is 0.469 e. The first kappa shape index (κ1) is 13.6. The lowest BCUT2D eigenvalue weighted by Gasteiger charge is -2.00. The van der Waals surface area contributed by atoms with Crippen molar-refractivity contribution in [2.75, 3.05) is 0 Å². The molecule has 0 spiro atoms. The van der Waals surface area contributed by atoms with Crippen molar-refractivity contribution in [2.24, 2.45) is 0 Å². The maximum atomic E-state index is 7.53. The van der Waals surface area contributed by atoms with Gasteiger partial charge in [-0.2, -0.15) is 0 Å². The Morgan fingerprint density at radius 1 is 0.632 bits per heavy atom. The lowest BCUT2D eigenvalue weighted by Crippen LogP contribution is -2.00. The molecular weight excluding hydrogens is 238 g/mol. The molecule has 92 valence electrons. The summed E-state index contributed by atoms with van der Waals surface area (Å²) < 4.78 is 3.69. The second kappa shape index (κ2) is 6.95. The zero-order chi connectivity index (χ0) is 13.5. The molecule has 0 fully saturated rings. The Morgan fingerprint density at radius 2 is 0.947 bits per heavy atom. The van der Waals surface area contributed by atoms with Crippen LogP contribution in [0.25, 0.3) is 21.5 Å². The van der Waals surface area contributed by atoms with Crippen LogP contribution in [0.15, 0.2) is 60.7 Å². The van der Waals surface area contributed by atoms with Crippen LogP contribution in [0.1, 0.15) is 0 Å². The molecule has 0 amide bonds. The van der Waals surface area contributed by atoms with Gasteiger partial charge in [-0.25, -0.2) is 0 Å². The van der Waals surface area contributed by atoms with Gasteiger partial charge in [0.2, 0.25) is 0 Å². The van der Waals surface area contributed by atoms with Crippen molar-refractivity contribution in [3.63, 3.8) is 0 Å². The van der Waals surface area contributed by atoms with Crippen LogP contribution >= 0.6 is 0 Å². The van der Waals surface area contributed by atoms with Gasteiger partial charge >= 0.3 is 15.4 Å². The molecule has 0 aliphatic heterocycles. The second-order valence-electron chi connectivity index (χ2n) is 3.89. The van der Waals surface area contributed by atoms with E-state index in [0.717, 1.165) is 0 Å². The van der Waals surface area contributed by atoms with Crippen LogP contribution in [0.4, 0.5) is 0 Å². The Morgan fingerprint density at radius 3 is 1.16 bits per heavy atom. The summed E-state index contributed by atoms with van der Waals surface area (Å²) in [4.78, 5) is 0. The van der Waals surface area contributed by atoms with E-state index in [1.54, 1.807) is 0 Å². The van der Waals surface area contributed by atoms with Crippen LogP contribution < -0.4 is 0 Å². The van der Waals surface area contributed by atoms with Crippen LogP contribution in [0.5, 0.6) is 0 Å². The molecule has 0 atom stereocenters. The molecule has 19 heavy (non-hydrogen) atoms. The summed E-state index contributed by atoms with van der Waals surface area (Å²) in [6.45, 7) is 0. The van der Waals surface area contributed by atoms with Gasteiger partial charge in [0.25, 0.3) is 0 Å². The highest BCUT2D eigenvalue weighted by Crippen LogP contribution is 2.21. The van der Waals surface area contributed by atoms with E-state index in [-0.39, 0.29) is 0 Å². The fourth-order valence-electron chi connectivity index (χ4n) is 1.91. The Hall–Kier alpha value is -1.81. The minimum absolute atomic E-state index is 0.375. The van der Waals surface area contributed by atoms with Crippen molar-refractivity contribution < 1.29 is 14.6 Å². The molecule has 0 aliphatic rings. The van der Waals surface area contributed by atoms with Crippen LogP contribution in [-0.2, 0) is 4.57 Å². The van der Waals surface area contributed by atoms with Crippen molar-refractivity contribution in [3.8, 4) is 0 Å². The zero-order valence-electron chi connectivity index (χ0n) is 10.2. The standard InChI is InChI=1S/C14H10.B2H2O3/c1-2-6-12-10-14-8-4-3-7-13(14)9-11(12)5-1;3-1-5-2-4/h1-10H;3-4H. The van der Waals surface area contributed by atoms with Gasteiger partial charge in [0.15, 0.2) is 0 Å². The lowest BCUT2D eigenvalue weighted by atomic mass is 10.0. The molecule has 3 aromatic rings. The Balaban J connectivity index is 0.000000232. The smallest absolute Gasteiger partial charge is 0.456 e. The molecule has 2 radical (unpaired) electrons. The summed E-state index contributed by atoms with van der Waals surface area (Å²) in [7, 11) is 0.750. The molecule has 0 unspecified atom stereocenters. The molecule has 2 N–H and O–H groups in total. The van der Waals surface area contributed by atoms with E-state index in [9.17, 15) is 0 Å². The quantitative estimate of drug-likeness (QED) is 0.540. The molecule has 3 nitrogen and oxygen atoms in total. The highest BCUT2D eigenvalue weighted by Gasteiger charge is 1.95. The van der Waals surface area contributed by atoms with E-state index in [4.69, 9.17) is 10.0 Å². The van der Waals surface area contributed by atoms with E-state index >= 15 is 0 Å². The average molecular weight is 250 g/mol. The normalized spacial score (nSPS) is 9.79. The summed E-state index contributed by atoms with van der Waals surface area (Å²) in [6.07, 6.45) is 0. The average Bonchev–Trinajstić information content (AvgIpc) is 2.46. The number of hydrogen-bond donors (Lipinski definition) is 2. The van der Waals surface area contributed by atoms with E-state index < -0.39 is 0 Å². The van der Waals surface area contributed by atoms with E-state index in [2.05, 4.69) is 65.2 Å². The third-order valence-corrected chi connectivity index (χ3v) is 2.74.